The predicted molar refractivity (Wildman–Crippen MR) is 19.8 cm³/mol. The van der Waals surface area contributed by atoms with E-state index in [1.54, 1.807) is 0 Å². The first-order valence-corrected chi connectivity index (χ1v) is 3.48. The van der Waals surface area contributed by atoms with Crippen LogP contribution in [0.5, 0.6) is 0 Å². The Hall–Kier alpha value is -0.907. The molecule has 0 aromatic heterocycles. The number of nitrogens with zero attached hydrogens (tertiary/aromatic N) is 3. The molecule has 0 aromatic rings. The zero-order valence-electron chi connectivity index (χ0n) is 3.20. The van der Waals surface area contributed by atoms with Crippen LogP contribution in [0.25, 0.3) is 10.8 Å². The first-order chi connectivity index (χ1) is 3.35. The van der Waals surface area contributed by atoms with Crippen LogP contribution in [0.1, 0.15) is 0 Å². The van der Waals surface area contributed by atoms with E-state index in [-0.39, 0.29) is 0 Å². The van der Waals surface area contributed by atoms with E-state index in [0.717, 1.165) is 0 Å². The summed E-state index contributed by atoms with van der Waals surface area (Å²) in [5.74, 6) is 0. The monoisotopic (exact) mass is 180 g/mol. The van der Waals surface area contributed by atoms with Gasteiger partial charge in [0.05, 0.1) is 0 Å². The minimum atomic E-state index is -2.33. The number of hydrogen-bond acceptors (Lipinski definition) is 0. The van der Waals surface area contributed by atoms with Crippen molar-refractivity contribution in [3.63, 3.8) is 0 Å². The topological polar surface area (TPSA) is 13.1 Å². The number of hydrogen-bond donors (Lipinski definition) is 0. The second kappa shape index (κ2) is 3.29. The van der Waals surface area contributed by atoms with Crippen molar-refractivity contribution >= 4 is 0 Å². The SMILES string of the molecule is [C-]#[N+][Ru]([N+]#[C-])[N+]#[C-]. The third-order valence-electron chi connectivity index (χ3n) is 0.212. The van der Waals surface area contributed by atoms with E-state index in [1.807, 2.05) is 0 Å². The van der Waals surface area contributed by atoms with E-state index in [9.17, 15) is 0 Å². The summed E-state index contributed by atoms with van der Waals surface area (Å²) in [4.78, 5) is 0. The van der Waals surface area contributed by atoms with E-state index in [2.05, 4.69) is 10.8 Å². The van der Waals surface area contributed by atoms with Gasteiger partial charge in [-0.2, -0.15) is 0 Å². The summed E-state index contributed by atoms with van der Waals surface area (Å²) in [6.45, 7) is 18.7. The predicted octanol–water partition coefficient (Wildman–Crippen LogP) is 1.11. The van der Waals surface area contributed by atoms with Gasteiger partial charge in [0.1, 0.15) is 0 Å². The Labute approximate surface area is 47.7 Å². The summed E-state index contributed by atoms with van der Waals surface area (Å²) in [6, 6.07) is 0. The molecule has 0 bridgehead atoms. The Bertz CT molecular complexity index is 133. The van der Waals surface area contributed by atoms with Crippen molar-refractivity contribution in [2.24, 2.45) is 0 Å². The van der Waals surface area contributed by atoms with Crippen molar-refractivity contribution in [3.8, 4) is 0 Å². The molecule has 0 spiro atoms. The van der Waals surface area contributed by atoms with Crippen LogP contribution in [0.2, 0.25) is 0 Å². The first kappa shape index (κ1) is 6.09. The van der Waals surface area contributed by atoms with Crippen molar-refractivity contribution in [2.45, 2.75) is 0 Å². The summed E-state index contributed by atoms with van der Waals surface area (Å²) in [5, 5.41) is 0. The van der Waals surface area contributed by atoms with Crippen molar-refractivity contribution in [3.05, 3.63) is 30.5 Å². The van der Waals surface area contributed by atoms with Gasteiger partial charge in [0.2, 0.25) is 0 Å². The zero-order chi connectivity index (χ0) is 5.70. The molecule has 0 aromatic carbocycles. The van der Waals surface area contributed by atoms with Crippen molar-refractivity contribution in [1.29, 1.82) is 0 Å². The van der Waals surface area contributed by atoms with Crippen LogP contribution in [0.15, 0.2) is 0 Å². The molecule has 7 heavy (non-hydrogen) atoms. The fraction of sp³-hybridized carbons (Fsp3) is 0. The van der Waals surface area contributed by atoms with Crippen LogP contribution in [0.3, 0.4) is 0 Å². The Morgan fingerprint density at radius 2 is 1.14 bits per heavy atom. The van der Waals surface area contributed by atoms with Gasteiger partial charge in [-0.25, -0.2) is 0 Å². The Morgan fingerprint density at radius 1 is 0.857 bits per heavy atom. The van der Waals surface area contributed by atoms with Gasteiger partial charge in [0.15, 0.2) is 0 Å². The van der Waals surface area contributed by atoms with Gasteiger partial charge in [0, 0.05) is 0 Å². The van der Waals surface area contributed by atoms with E-state index in [0.29, 0.717) is 0 Å². The molecule has 0 aliphatic carbocycles. The Morgan fingerprint density at radius 3 is 1.14 bits per heavy atom. The molecule has 0 atom stereocenters. The van der Waals surface area contributed by atoms with Gasteiger partial charge < -0.3 is 0 Å². The van der Waals surface area contributed by atoms with Crippen LogP contribution >= 0.6 is 0 Å². The molecule has 0 N–H and O–H groups in total. The Balaban J connectivity index is 3.82. The number of rotatable bonds is 0. The molecular weight excluding hydrogens is 179 g/mol. The van der Waals surface area contributed by atoms with Gasteiger partial charge in [-0.1, -0.05) is 0 Å². The van der Waals surface area contributed by atoms with Crippen LogP contribution in [0, 0.1) is 19.7 Å². The quantitative estimate of drug-likeness (QED) is 0.390. The first-order valence-electron chi connectivity index (χ1n) is 1.15. The molecule has 0 fully saturated rings. The van der Waals surface area contributed by atoms with Gasteiger partial charge in [-0.15, -0.1) is 0 Å². The third-order valence-corrected chi connectivity index (χ3v) is 1.25. The maximum absolute atomic E-state index is 6.22. The normalized spacial score (nSPS) is 7.29. The maximum atomic E-state index is 6.22. The van der Waals surface area contributed by atoms with E-state index in [1.165, 1.54) is 0 Å². The standard InChI is InChI=1S/3CN.Ru/c3*1-2;/q3*-1;+3. The van der Waals surface area contributed by atoms with E-state index < -0.39 is 16.7 Å². The van der Waals surface area contributed by atoms with Crippen LogP contribution < -0.4 is 0 Å². The molecular formula is C3N3Ru. The summed E-state index contributed by atoms with van der Waals surface area (Å²) >= 11 is -2.33. The van der Waals surface area contributed by atoms with Crippen molar-refractivity contribution < 1.29 is 16.7 Å². The fourth-order valence-corrected chi connectivity index (χ4v) is 0.314. The summed E-state index contributed by atoms with van der Waals surface area (Å²) in [7, 11) is 0. The second-order valence-electron chi connectivity index (χ2n) is 0.449. The average Bonchev–Trinajstić information content (AvgIpc) is 1.72. The molecule has 0 heterocycles. The molecule has 0 aliphatic heterocycles. The third kappa shape index (κ3) is 1.88. The summed E-state index contributed by atoms with van der Waals surface area (Å²) in [5.41, 5.74) is 0. The van der Waals surface area contributed by atoms with Crippen LogP contribution in [-0.4, -0.2) is 0 Å². The fourth-order valence-electron chi connectivity index (χ4n) is 0.0530. The molecule has 0 saturated heterocycles. The molecule has 4 heteroatoms. The van der Waals surface area contributed by atoms with Crippen molar-refractivity contribution in [2.75, 3.05) is 0 Å². The minimum absolute atomic E-state index is 2.33. The van der Waals surface area contributed by atoms with E-state index >= 15 is 0 Å². The second-order valence-corrected chi connectivity index (χ2v) is 2.66. The molecule has 0 saturated carbocycles. The molecule has 35 valence electrons. The molecule has 0 unspecified atom stereocenters. The molecule has 0 amide bonds. The molecule has 0 aliphatic rings. The van der Waals surface area contributed by atoms with Gasteiger partial charge in [0.25, 0.3) is 0 Å². The van der Waals surface area contributed by atoms with Gasteiger partial charge >= 0.3 is 47.1 Å². The molecule has 0 radical (unpaired) electrons. The molecule has 0 rings (SSSR count). The van der Waals surface area contributed by atoms with Gasteiger partial charge in [-0.3, -0.25) is 0 Å². The van der Waals surface area contributed by atoms with Crippen LogP contribution in [0.4, 0.5) is 0 Å². The van der Waals surface area contributed by atoms with Crippen molar-refractivity contribution in [1.82, 2.24) is 0 Å². The summed E-state index contributed by atoms with van der Waals surface area (Å²) < 4.78 is 8.43. The molecule has 3 nitrogen and oxygen atoms in total. The summed E-state index contributed by atoms with van der Waals surface area (Å²) in [6.07, 6.45) is 0. The zero-order valence-corrected chi connectivity index (χ0v) is 4.93. The van der Waals surface area contributed by atoms with Gasteiger partial charge in [-0.05, 0) is 0 Å². The average molecular weight is 179 g/mol. The van der Waals surface area contributed by atoms with E-state index in [4.69, 9.17) is 19.7 Å². The Kier molecular flexibility index (Phi) is 2.86. The van der Waals surface area contributed by atoms with Crippen LogP contribution in [-0.2, 0) is 16.7 Å².